The van der Waals surface area contributed by atoms with Gasteiger partial charge in [-0.25, -0.2) is 18.1 Å². The van der Waals surface area contributed by atoms with Crippen LogP contribution in [0.3, 0.4) is 0 Å². The SMILES string of the molecule is Cc1cc(C(N)=S)ccc1S(=O)(=O)NC(C)c1nccs1. The molecule has 0 aliphatic rings. The molecule has 0 saturated carbocycles. The summed E-state index contributed by atoms with van der Waals surface area (Å²) in [6.07, 6.45) is 1.65. The fourth-order valence-electron chi connectivity index (χ4n) is 1.90. The molecule has 0 amide bonds. The van der Waals surface area contributed by atoms with Gasteiger partial charge in [-0.15, -0.1) is 11.3 Å². The molecule has 0 bridgehead atoms. The second-order valence-corrected chi connectivity index (χ2v) is 7.61. The summed E-state index contributed by atoms with van der Waals surface area (Å²) in [5, 5.41) is 2.53. The van der Waals surface area contributed by atoms with Crippen LogP contribution in [-0.4, -0.2) is 18.4 Å². The first kappa shape index (κ1) is 16.0. The van der Waals surface area contributed by atoms with Crippen molar-refractivity contribution in [2.24, 2.45) is 5.73 Å². The van der Waals surface area contributed by atoms with Crippen LogP contribution in [0.15, 0.2) is 34.7 Å². The van der Waals surface area contributed by atoms with Crippen molar-refractivity contribution in [3.05, 3.63) is 45.9 Å². The minimum Gasteiger partial charge on any atom is -0.389 e. The Balaban J connectivity index is 2.29. The molecule has 21 heavy (non-hydrogen) atoms. The lowest BCUT2D eigenvalue weighted by Crippen LogP contribution is -2.27. The van der Waals surface area contributed by atoms with Gasteiger partial charge < -0.3 is 5.73 Å². The summed E-state index contributed by atoms with van der Waals surface area (Å²) in [6, 6.07) is 4.41. The van der Waals surface area contributed by atoms with Gasteiger partial charge in [0, 0.05) is 17.1 Å². The zero-order valence-corrected chi connectivity index (χ0v) is 14.0. The topological polar surface area (TPSA) is 85.1 Å². The van der Waals surface area contributed by atoms with Gasteiger partial charge in [0.15, 0.2) is 0 Å². The Kier molecular flexibility index (Phi) is 4.72. The summed E-state index contributed by atoms with van der Waals surface area (Å²) in [5.41, 5.74) is 6.79. The number of sulfonamides is 1. The Hall–Kier alpha value is -1.35. The number of rotatable bonds is 5. The molecule has 3 N–H and O–H groups in total. The lowest BCUT2D eigenvalue weighted by atomic mass is 10.1. The molecule has 2 aromatic rings. The molecule has 112 valence electrons. The van der Waals surface area contributed by atoms with Crippen molar-refractivity contribution < 1.29 is 8.42 Å². The second kappa shape index (κ2) is 6.18. The van der Waals surface area contributed by atoms with Crippen LogP contribution in [0.4, 0.5) is 0 Å². The first-order valence-electron chi connectivity index (χ1n) is 6.13. The zero-order valence-electron chi connectivity index (χ0n) is 11.5. The Morgan fingerprint density at radius 3 is 2.71 bits per heavy atom. The number of nitrogens with two attached hydrogens (primary N) is 1. The number of nitrogens with one attached hydrogen (secondary N) is 1. The van der Waals surface area contributed by atoms with Crippen molar-refractivity contribution in [3.8, 4) is 0 Å². The Labute approximate surface area is 133 Å². The molecule has 0 fully saturated rings. The first-order valence-corrected chi connectivity index (χ1v) is 8.90. The van der Waals surface area contributed by atoms with E-state index in [-0.39, 0.29) is 15.9 Å². The maximum absolute atomic E-state index is 12.4. The number of aryl methyl sites for hydroxylation is 1. The molecule has 1 unspecified atom stereocenters. The van der Waals surface area contributed by atoms with Crippen LogP contribution in [0, 0.1) is 6.92 Å². The monoisotopic (exact) mass is 341 g/mol. The number of thiazole rings is 1. The van der Waals surface area contributed by atoms with E-state index in [0.717, 1.165) is 5.01 Å². The van der Waals surface area contributed by atoms with Crippen molar-refractivity contribution in [1.82, 2.24) is 9.71 Å². The van der Waals surface area contributed by atoms with Gasteiger partial charge >= 0.3 is 0 Å². The molecule has 0 radical (unpaired) electrons. The predicted molar refractivity (Wildman–Crippen MR) is 87.9 cm³/mol. The maximum Gasteiger partial charge on any atom is 0.241 e. The second-order valence-electron chi connectivity index (χ2n) is 4.56. The van der Waals surface area contributed by atoms with Crippen LogP contribution in [0.1, 0.15) is 29.1 Å². The number of aromatic nitrogens is 1. The average molecular weight is 341 g/mol. The fraction of sp³-hybridized carbons (Fsp3) is 0.231. The molecule has 0 aliphatic heterocycles. The van der Waals surface area contributed by atoms with Crippen molar-refractivity contribution in [3.63, 3.8) is 0 Å². The highest BCUT2D eigenvalue weighted by Gasteiger charge is 2.21. The van der Waals surface area contributed by atoms with E-state index in [2.05, 4.69) is 9.71 Å². The molecule has 1 aromatic carbocycles. The molecule has 1 heterocycles. The number of hydrogen-bond donors (Lipinski definition) is 2. The molecule has 5 nitrogen and oxygen atoms in total. The molecule has 0 aliphatic carbocycles. The van der Waals surface area contributed by atoms with E-state index < -0.39 is 10.0 Å². The average Bonchev–Trinajstić information content (AvgIpc) is 2.91. The normalized spacial score (nSPS) is 13.0. The Bertz CT molecular complexity index is 755. The van der Waals surface area contributed by atoms with Crippen LogP contribution in [-0.2, 0) is 10.0 Å². The van der Waals surface area contributed by atoms with E-state index in [1.165, 1.54) is 17.4 Å². The van der Waals surface area contributed by atoms with Crippen LogP contribution < -0.4 is 10.5 Å². The molecule has 1 atom stereocenters. The lowest BCUT2D eigenvalue weighted by Gasteiger charge is -2.14. The van der Waals surface area contributed by atoms with Crippen molar-refractivity contribution in [2.45, 2.75) is 24.8 Å². The van der Waals surface area contributed by atoms with Crippen molar-refractivity contribution in [2.75, 3.05) is 0 Å². The highest BCUT2D eigenvalue weighted by molar-refractivity contribution is 7.89. The molecule has 0 saturated heterocycles. The largest absolute Gasteiger partial charge is 0.389 e. The van der Waals surface area contributed by atoms with Crippen LogP contribution in [0.5, 0.6) is 0 Å². The summed E-state index contributed by atoms with van der Waals surface area (Å²) in [6.45, 7) is 3.47. The van der Waals surface area contributed by atoms with Crippen LogP contribution in [0.2, 0.25) is 0 Å². The maximum atomic E-state index is 12.4. The first-order chi connectivity index (χ1) is 9.81. The number of nitrogens with zero attached hydrogens (tertiary/aromatic N) is 1. The van der Waals surface area contributed by atoms with Crippen molar-refractivity contribution in [1.29, 1.82) is 0 Å². The third-order valence-electron chi connectivity index (χ3n) is 2.90. The third kappa shape index (κ3) is 3.65. The molecular weight excluding hydrogens is 326 g/mol. The molecule has 2 rings (SSSR count). The van der Waals surface area contributed by atoms with Gasteiger partial charge in [0.2, 0.25) is 10.0 Å². The van der Waals surface area contributed by atoms with E-state index in [1.54, 1.807) is 32.2 Å². The molecule has 0 spiro atoms. The van der Waals surface area contributed by atoms with Gasteiger partial charge in [-0.3, -0.25) is 0 Å². The van der Waals surface area contributed by atoms with Gasteiger partial charge in [0.25, 0.3) is 0 Å². The van der Waals surface area contributed by atoms with E-state index in [4.69, 9.17) is 18.0 Å². The summed E-state index contributed by atoms with van der Waals surface area (Å²) < 4.78 is 27.5. The lowest BCUT2D eigenvalue weighted by molar-refractivity contribution is 0.565. The van der Waals surface area contributed by atoms with Gasteiger partial charge in [-0.1, -0.05) is 18.3 Å². The number of benzene rings is 1. The van der Waals surface area contributed by atoms with Crippen molar-refractivity contribution >= 4 is 38.6 Å². The minimum absolute atomic E-state index is 0.214. The van der Waals surface area contributed by atoms with Crippen LogP contribution in [0.25, 0.3) is 0 Å². The summed E-state index contributed by atoms with van der Waals surface area (Å²) in [4.78, 5) is 4.57. The number of thiocarbonyl (C=S) groups is 1. The molecule has 1 aromatic heterocycles. The molecule has 8 heteroatoms. The zero-order chi connectivity index (χ0) is 15.6. The minimum atomic E-state index is -3.63. The van der Waals surface area contributed by atoms with E-state index in [9.17, 15) is 8.42 Å². The van der Waals surface area contributed by atoms with Gasteiger partial charge in [0.1, 0.15) is 10.00 Å². The summed E-state index contributed by atoms with van der Waals surface area (Å²) in [7, 11) is -3.63. The summed E-state index contributed by atoms with van der Waals surface area (Å²) in [5.74, 6) is 0. The predicted octanol–water partition coefficient (Wildman–Crippen LogP) is 2.13. The van der Waals surface area contributed by atoms with Gasteiger partial charge in [-0.2, -0.15) is 0 Å². The Morgan fingerprint density at radius 1 is 1.48 bits per heavy atom. The number of hydrogen-bond acceptors (Lipinski definition) is 5. The van der Waals surface area contributed by atoms with E-state index in [0.29, 0.717) is 11.1 Å². The van der Waals surface area contributed by atoms with Gasteiger partial charge in [0.05, 0.1) is 10.9 Å². The highest BCUT2D eigenvalue weighted by atomic mass is 32.2. The standard InChI is InChI=1S/C13H15N3O2S3/c1-8-7-10(12(14)19)3-4-11(8)21(17,18)16-9(2)13-15-5-6-20-13/h3-7,9,16H,1-2H3,(H2,14,19). The molecular formula is C13H15N3O2S3. The highest BCUT2D eigenvalue weighted by Crippen LogP contribution is 2.21. The summed E-state index contributed by atoms with van der Waals surface area (Å²) >= 11 is 6.29. The third-order valence-corrected chi connectivity index (χ3v) is 5.80. The quantitative estimate of drug-likeness (QED) is 0.814. The van der Waals surface area contributed by atoms with Gasteiger partial charge in [-0.05, 0) is 31.5 Å². The fourth-order valence-corrected chi connectivity index (χ4v) is 4.18. The van der Waals surface area contributed by atoms with E-state index >= 15 is 0 Å². The smallest absolute Gasteiger partial charge is 0.241 e. The Morgan fingerprint density at radius 2 is 2.19 bits per heavy atom. The van der Waals surface area contributed by atoms with Crippen LogP contribution >= 0.6 is 23.6 Å². The van der Waals surface area contributed by atoms with E-state index in [1.807, 2.05) is 5.38 Å².